The monoisotopic (exact) mass is 586 g/mol. The average molecular weight is 587 g/mol. The summed E-state index contributed by atoms with van der Waals surface area (Å²) in [4.78, 5) is 18.6. The molecule has 13 heteroatoms. The second-order valence-electron chi connectivity index (χ2n) is 8.28. The maximum atomic E-state index is 13.7. The van der Waals surface area contributed by atoms with Crippen molar-refractivity contribution in [3.05, 3.63) is 65.4 Å². The number of piperazine rings is 1. The third-order valence-electron chi connectivity index (χ3n) is 6.03. The largest absolute Gasteiger partial charge is 0.480 e. The number of rotatable bonds is 7. The van der Waals surface area contributed by atoms with Crippen molar-refractivity contribution in [2.24, 2.45) is 0 Å². The minimum Gasteiger partial charge on any atom is -0.480 e. The van der Waals surface area contributed by atoms with E-state index in [0.717, 1.165) is 12.3 Å². The van der Waals surface area contributed by atoms with Gasteiger partial charge in [0.05, 0.1) is 10.5 Å². The molecule has 1 unspecified atom stereocenters. The summed E-state index contributed by atoms with van der Waals surface area (Å²) in [5.41, 5.74) is -0.361. The van der Waals surface area contributed by atoms with Crippen LogP contribution in [0.2, 0.25) is 0 Å². The van der Waals surface area contributed by atoms with Crippen molar-refractivity contribution in [2.75, 3.05) is 31.1 Å². The molecule has 192 valence electrons. The van der Waals surface area contributed by atoms with Crippen LogP contribution in [-0.2, 0) is 27.4 Å². The fourth-order valence-corrected chi connectivity index (χ4v) is 7.00. The third kappa shape index (κ3) is 5.13. The highest BCUT2D eigenvalue weighted by Crippen LogP contribution is 2.33. The number of aromatic nitrogens is 2. The van der Waals surface area contributed by atoms with Crippen LogP contribution in [0.5, 0.6) is 0 Å². The molecule has 0 saturated carbocycles. The fraction of sp³-hybridized carbons (Fsp3) is 0.304. The van der Waals surface area contributed by atoms with Crippen LogP contribution in [0.3, 0.4) is 0 Å². The van der Waals surface area contributed by atoms with Crippen molar-refractivity contribution in [2.45, 2.75) is 23.0 Å². The summed E-state index contributed by atoms with van der Waals surface area (Å²) in [5, 5.41) is 8.78. The summed E-state index contributed by atoms with van der Waals surface area (Å²) in [6.07, 6.45) is -0.760. The average Bonchev–Trinajstić information content (AvgIpc) is 3.19. The van der Waals surface area contributed by atoms with Crippen LogP contribution >= 0.6 is 15.9 Å². The Morgan fingerprint density at radius 1 is 1.19 bits per heavy atom. The summed E-state index contributed by atoms with van der Waals surface area (Å²) in [6, 6.07) is 7.07. The lowest BCUT2D eigenvalue weighted by molar-refractivity contribution is -0.138. The third-order valence-corrected chi connectivity index (χ3v) is 9.03. The lowest BCUT2D eigenvalue weighted by Gasteiger charge is -2.38. The lowest BCUT2D eigenvalue weighted by Crippen LogP contribution is -2.52. The zero-order valence-electron chi connectivity index (χ0n) is 18.8. The van der Waals surface area contributed by atoms with E-state index < -0.39 is 32.9 Å². The van der Waals surface area contributed by atoms with Gasteiger partial charge in [0.25, 0.3) is 0 Å². The van der Waals surface area contributed by atoms with Crippen molar-refractivity contribution in [1.82, 2.24) is 14.5 Å². The predicted molar refractivity (Wildman–Crippen MR) is 131 cm³/mol. The maximum absolute atomic E-state index is 13.7. The molecular formula is C23H22BrF3N4O4S. The number of carbonyl (C=O) groups is 1. The quantitative estimate of drug-likeness (QED) is 0.418. The molecule has 8 nitrogen and oxygen atoms in total. The van der Waals surface area contributed by atoms with Gasteiger partial charge in [-0.15, -0.1) is 6.58 Å². The van der Waals surface area contributed by atoms with Crippen molar-refractivity contribution in [3.63, 3.8) is 0 Å². The van der Waals surface area contributed by atoms with E-state index >= 15 is 0 Å². The molecule has 3 aromatic rings. The number of hydrogen-bond acceptors (Lipinski definition) is 6. The first-order chi connectivity index (χ1) is 16.9. The van der Waals surface area contributed by atoms with Gasteiger partial charge in [-0.2, -0.15) is 13.2 Å². The lowest BCUT2D eigenvalue weighted by atomic mass is 10.2. The smallest absolute Gasteiger partial charge is 0.417 e. The Balaban J connectivity index is 1.55. The molecule has 2 aromatic heterocycles. The molecule has 0 bridgehead atoms. The van der Waals surface area contributed by atoms with Crippen molar-refractivity contribution < 1.29 is 31.5 Å². The van der Waals surface area contributed by atoms with Crippen molar-refractivity contribution in [1.29, 1.82) is 0 Å². The molecule has 1 atom stereocenters. The number of aliphatic carboxylic acids is 1. The maximum Gasteiger partial charge on any atom is 0.417 e. The molecule has 0 amide bonds. The van der Waals surface area contributed by atoms with Gasteiger partial charge >= 0.3 is 12.1 Å². The number of nitrogens with zero attached hydrogens (tertiary/aromatic N) is 4. The van der Waals surface area contributed by atoms with Gasteiger partial charge in [0, 0.05) is 53.9 Å². The topological polar surface area (TPSA) is 95.7 Å². The number of sulfone groups is 1. The Kier molecular flexibility index (Phi) is 7.17. The van der Waals surface area contributed by atoms with Gasteiger partial charge in [-0.05, 0) is 46.3 Å². The summed E-state index contributed by atoms with van der Waals surface area (Å²) in [5.74, 6) is -0.669. The number of halogens is 4. The van der Waals surface area contributed by atoms with Crippen LogP contribution in [0.15, 0.2) is 64.7 Å². The molecule has 1 aromatic carbocycles. The Hall–Kier alpha value is -2.90. The van der Waals surface area contributed by atoms with Gasteiger partial charge < -0.3 is 14.6 Å². The summed E-state index contributed by atoms with van der Waals surface area (Å²) >= 11 is 3.34. The number of anilines is 1. The van der Waals surface area contributed by atoms with Crippen LogP contribution in [0, 0.1) is 0 Å². The number of carboxylic acids is 1. The van der Waals surface area contributed by atoms with Gasteiger partial charge in [0.2, 0.25) is 0 Å². The van der Waals surface area contributed by atoms with E-state index in [1.54, 1.807) is 28.1 Å². The minimum absolute atomic E-state index is 0.0112. The van der Waals surface area contributed by atoms with Crippen LogP contribution in [0.25, 0.3) is 10.9 Å². The van der Waals surface area contributed by atoms with Gasteiger partial charge in [-0.1, -0.05) is 6.08 Å². The number of hydrogen-bond donors (Lipinski definition) is 1. The van der Waals surface area contributed by atoms with Gasteiger partial charge in [0.15, 0.2) is 9.84 Å². The molecule has 0 radical (unpaired) electrons. The molecular weight excluding hydrogens is 565 g/mol. The van der Waals surface area contributed by atoms with Gasteiger partial charge in [0.1, 0.15) is 17.7 Å². The van der Waals surface area contributed by atoms with Crippen LogP contribution in [0.1, 0.15) is 5.56 Å². The van der Waals surface area contributed by atoms with Crippen LogP contribution in [0.4, 0.5) is 19.0 Å². The molecule has 0 spiro atoms. The molecule has 3 heterocycles. The number of carboxylic acid groups (broad SMARTS) is 1. The van der Waals surface area contributed by atoms with Crippen molar-refractivity contribution in [3.8, 4) is 0 Å². The highest BCUT2D eigenvalue weighted by molar-refractivity contribution is 9.10. The summed E-state index contributed by atoms with van der Waals surface area (Å²) in [6.45, 7) is 4.76. The molecule has 1 saturated heterocycles. The first-order valence-corrected chi connectivity index (χ1v) is 13.1. The zero-order chi connectivity index (χ0) is 26.3. The number of alkyl halides is 3. The van der Waals surface area contributed by atoms with Crippen LogP contribution < -0.4 is 4.90 Å². The van der Waals surface area contributed by atoms with Crippen LogP contribution in [-0.4, -0.2) is 65.5 Å². The number of fused-ring (bicyclic) bond motifs is 1. The highest BCUT2D eigenvalue weighted by Gasteiger charge is 2.35. The zero-order valence-corrected chi connectivity index (χ0v) is 21.2. The Labute approximate surface area is 213 Å². The first-order valence-electron chi connectivity index (χ1n) is 10.8. The molecule has 36 heavy (non-hydrogen) atoms. The second kappa shape index (κ2) is 9.87. The SMILES string of the molecule is C=CC(N1CCN(c2ccc(C(F)(F)F)cn2)CC1)S(=O)(=O)c1cc2c(ccn2CC(=O)O)cc1Br. The first kappa shape index (κ1) is 26.2. The highest BCUT2D eigenvalue weighted by atomic mass is 79.9. The molecule has 1 N–H and O–H groups in total. The summed E-state index contributed by atoms with van der Waals surface area (Å²) in [7, 11) is -3.96. The molecule has 0 aliphatic carbocycles. The van der Waals surface area contributed by atoms with Gasteiger partial charge in [-0.25, -0.2) is 13.4 Å². The molecule has 1 aliphatic rings. The second-order valence-corrected chi connectivity index (χ2v) is 11.1. The molecule has 1 aliphatic heterocycles. The number of benzene rings is 1. The Morgan fingerprint density at radius 3 is 2.44 bits per heavy atom. The van der Waals surface area contributed by atoms with E-state index in [1.807, 2.05) is 0 Å². The normalized spacial score (nSPS) is 16.3. The standard InChI is InChI=1S/C23H22BrF3N4O4S/c1-2-21(30-9-7-29(8-10-30)20-4-3-16(13-28-20)23(25,26)27)36(34,35)19-12-18-15(11-17(19)24)5-6-31(18)14-22(32)33/h2-6,11-13,21H,1,7-10,14H2,(H,32,33). The molecule has 1 fully saturated rings. The van der Waals surface area contributed by atoms with Crippen molar-refractivity contribution >= 4 is 48.5 Å². The fourth-order valence-electron chi connectivity index (χ4n) is 4.24. The van der Waals surface area contributed by atoms with E-state index in [-0.39, 0.29) is 11.4 Å². The molecule has 4 rings (SSSR count). The van der Waals surface area contributed by atoms with E-state index in [1.165, 1.54) is 22.8 Å². The predicted octanol–water partition coefficient (Wildman–Crippen LogP) is 4.01. The van der Waals surface area contributed by atoms with E-state index in [0.29, 0.717) is 47.4 Å². The summed E-state index contributed by atoms with van der Waals surface area (Å²) < 4.78 is 67.6. The minimum atomic E-state index is -4.47. The van der Waals surface area contributed by atoms with E-state index in [2.05, 4.69) is 27.5 Å². The Morgan fingerprint density at radius 2 is 1.89 bits per heavy atom. The van der Waals surface area contributed by atoms with E-state index in [4.69, 9.17) is 5.11 Å². The number of pyridine rings is 1. The van der Waals surface area contributed by atoms with Gasteiger partial charge in [-0.3, -0.25) is 9.69 Å². The van der Waals surface area contributed by atoms with E-state index in [9.17, 15) is 26.4 Å². The Bertz CT molecular complexity index is 1400.